The summed E-state index contributed by atoms with van der Waals surface area (Å²) in [5.74, 6) is 2.53. The van der Waals surface area contributed by atoms with E-state index in [1.807, 2.05) is 30.3 Å². The van der Waals surface area contributed by atoms with Gasteiger partial charge in [-0.2, -0.15) is 0 Å². The van der Waals surface area contributed by atoms with Crippen LogP contribution in [0.15, 0.2) is 71.3 Å². The number of benzene rings is 2. The first kappa shape index (κ1) is 22.6. The maximum Gasteiger partial charge on any atom is 0.286 e. The average Bonchev–Trinajstić information content (AvgIpc) is 3.48. The van der Waals surface area contributed by atoms with Gasteiger partial charge in [-0.3, -0.25) is 4.79 Å². The molecule has 0 aliphatic rings. The molecule has 172 valence electrons. The summed E-state index contributed by atoms with van der Waals surface area (Å²) < 4.78 is 13.3. The molecule has 4 rings (SSSR count). The molecular formula is C27H31N3O3. The zero-order valence-corrected chi connectivity index (χ0v) is 19.3. The summed E-state index contributed by atoms with van der Waals surface area (Å²) in [4.78, 5) is 16.9. The van der Waals surface area contributed by atoms with Crippen LogP contribution in [0.2, 0.25) is 0 Å². The highest BCUT2D eigenvalue weighted by Crippen LogP contribution is 2.20. The van der Waals surface area contributed by atoms with Gasteiger partial charge in [0.2, 0.25) is 0 Å². The number of carbonyl (C=O) groups is 1. The van der Waals surface area contributed by atoms with Crippen molar-refractivity contribution >= 4 is 16.9 Å². The summed E-state index contributed by atoms with van der Waals surface area (Å²) in [5, 5.41) is 2.90. The van der Waals surface area contributed by atoms with Gasteiger partial charge in [-0.25, -0.2) is 4.98 Å². The Kier molecular flexibility index (Phi) is 7.45. The molecule has 0 saturated heterocycles. The molecule has 0 saturated carbocycles. The van der Waals surface area contributed by atoms with E-state index in [-0.39, 0.29) is 5.91 Å². The van der Waals surface area contributed by atoms with Crippen molar-refractivity contribution in [2.24, 2.45) is 0 Å². The maximum atomic E-state index is 12.1. The van der Waals surface area contributed by atoms with E-state index in [4.69, 9.17) is 14.1 Å². The minimum atomic E-state index is -0.207. The number of furan rings is 1. The number of nitrogens with zero attached hydrogens (tertiary/aromatic N) is 2. The minimum absolute atomic E-state index is 0.207. The molecule has 2 aromatic heterocycles. The number of rotatable bonds is 11. The molecule has 0 bridgehead atoms. The van der Waals surface area contributed by atoms with Crippen LogP contribution in [0.1, 0.15) is 54.5 Å². The number of carbonyl (C=O) groups excluding carboxylic acids is 1. The number of unbranched alkanes of at least 4 members (excludes halogenated alkanes) is 1. The highest BCUT2D eigenvalue weighted by atomic mass is 16.5. The molecule has 0 atom stereocenters. The number of ether oxygens (including phenoxy) is 1. The van der Waals surface area contributed by atoms with Gasteiger partial charge in [0.25, 0.3) is 5.91 Å². The highest BCUT2D eigenvalue weighted by Gasteiger charge is 2.12. The van der Waals surface area contributed by atoms with Crippen molar-refractivity contribution < 1.29 is 13.9 Å². The van der Waals surface area contributed by atoms with Crippen molar-refractivity contribution in [3.05, 3.63) is 84.1 Å². The molecular weight excluding hydrogens is 414 g/mol. The fourth-order valence-electron chi connectivity index (χ4n) is 3.86. The second-order valence-electron chi connectivity index (χ2n) is 8.43. The normalized spacial score (nSPS) is 11.2. The fraction of sp³-hybridized carbons (Fsp3) is 0.333. The lowest BCUT2D eigenvalue weighted by atomic mass is 10.0. The van der Waals surface area contributed by atoms with Crippen molar-refractivity contribution in [3.63, 3.8) is 0 Å². The minimum Gasteiger partial charge on any atom is -0.494 e. The third kappa shape index (κ3) is 5.83. The van der Waals surface area contributed by atoms with Gasteiger partial charge >= 0.3 is 0 Å². The van der Waals surface area contributed by atoms with E-state index >= 15 is 0 Å². The lowest BCUT2D eigenvalue weighted by Gasteiger charge is -2.11. The third-order valence-electron chi connectivity index (χ3n) is 5.70. The predicted molar refractivity (Wildman–Crippen MR) is 130 cm³/mol. The Labute approximate surface area is 194 Å². The van der Waals surface area contributed by atoms with E-state index < -0.39 is 0 Å². The van der Waals surface area contributed by atoms with Gasteiger partial charge in [0.05, 0.1) is 23.9 Å². The molecule has 2 heterocycles. The molecule has 2 aromatic carbocycles. The van der Waals surface area contributed by atoms with E-state index in [1.54, 1.807) is 12.1 Å². The molecule has 4 aromatic rings. The topological polar surface area (TPSA) is 69.3 Å². The average molecular weight is 446 g/mol. The van der Waals surface area contributed by atoms with Crippen molar-refractivity contribution in [2.75, 3.05) is 13.2 Å². The van der Waals surface area contributed by atoms with E-state index in [2.05, 4.69) is 41.9 Å². The van der Waals surface area contributed by atoms with Crippen LogP contribution in [-0.2, 0) is 13.0 Å². The summed E-state index contributed by atoms with van der Waals surface area (Å²) in [5.41, 5.74) is 3.42. The van der Waals surface area contributed by atoms with Gasteiger partial charge in [-0.15, -0.1) is 0 Å². The first-order valence-corrected chi connectivity index (χ1v) is 11.6. The van der Waals surface area contributed by atoms with Crippen LogP contribution >= 0.6 is 0 Å². The zero-order valence-electron chi connectivity index (χ0n) is 19.3. The van der Waals surface area contributed by atoms with Crippen LogP contribution < -0.4 is 10.1 Å². The number of hydrogen-bond acceptors (Lipinski definition) is 4. The van der Waals surface area contributed by atoms with Crippen LogP contribution in [0.25, 0.3) is 11.0 Å². The lowest BCUT2D eigenvalue weighted by Crippen LogP contribution is -2.26. The third-order valence-corrected chi connectivity index (χ3v) is 5.70. The van der Waals surface area contributed by atoms with E-state index in [1.165, 1.54) is 11.8 Å². The highest BCUT2D eigenvalue weighted by molar-refractivity contribution is 5.91. The number of amides is 1. The number of fused-ring (bicyclic) bond motifs is 1. The Hall–Kier alpha value is -3.54. The van der Waals surface area contributed by atoms with Gasteiger partial charge < -0.3 is 19.0 Å². The monoisotopic (exact) mass is 445 g/mol. The quantitative estimate of drug-likeness (QED) is 0.306. The van der Waals surface area contributed by atoms with Gasteiger partial charge in [0.15, 0.2) is 5.76 Å². The zero-order chi connectivity index (χ0) is 23.0. The summed E-state index contributed by atoms with van der Waals surface area (Å²) in [6, 6.07) is 19.9. The largest absolute Gasteiger partial charge is 0.494 e. The number of aryl methyl sites for hydroxylation is 1. The summed E-state index contributed by atoms with van der Waals surface area (Å²) in [7, 11) is 0. The fourth-order valence-corrected chi connectivity index (χ4v) is 3.86. The second kappa shape index (κ2) is 10.9. The summed E-state index contributed by atoms with van der Waals surface area (Å²) in [6.07, 6.45) is 4.09. The Bertz CT molecular complexity index is 1160. The van der Waals surface area contributed by atoms with E-state index in [0.29, 0.717) is 31.3 Å². The SMILES string of the molecule is CC(C)c1ccc(OCCCCn2c(CCNC(=O)c3ccco3)nc3ccccc32)cc1. The number of nitrogens with one attached hydrogen (secondary N) is 1. The van der Waals surface area contributed by atoms with Crippen molar-refractivity contribution in [3.8, 4) is 5.75 Å². The molecule has 0 radical (unpaired) electrons. The summed E-state index contributed by atoms with van der Waals surface area (Å²) >= 11 is 0. The van der Waals surface area contributed by atoms with Crippen LogP contribution in [-0.4, -0.2) is 28.6 Å². The standard InChI is InChI=1S/C27H31N3O3/c1-20(2)21-11-13-22(14-12-21)32-18-6-5-17-30-24-9-4-3-8-23(24)29-26(30)15-16-28-27(31)25-10-7-19-33-25/h3-4,7-14,19-20H,5-6,15-18H2,1-2H3,(H,28,31). The molecule has 33 heavy (non-hydrogen) atoms. The molecule has 0 aliphatic heterocycles. The van der Waals surface area contributed by atoms with E-state index in [9.17, 15) is 4.79 Å². The molecule has 1 amide bonds. The molecule has 6 heteroatoms. The first-order chi connectivity index (χ1) is 16.1. The second-order valence-corrected chi connectivity index (χ2v) is 8.43. The Morgan fingerprint density at radius 2 is 1.88 bits per heavy atom. The van der Waals surface area contributed by atoms with Gasteiger partial charge in [-0.1, -0.05) is 38.1 Å². The number of aromatic nitrogens is 2. The van der Waals surface area contributed by atoms with Gasteiger partial charge in [0, 0.05) is 19.5 Å². The van der Waals surface area contributed by atoms with Crippen LogP contribution in [0.5, 0.6) is 5.75 Å². The number of imidazole rings is 1. The smallest absolute Gasteiger partial charge is 0.286 e. The molecule has 0 fully saturated rings. The lowest BCUT2D eigenvalue weighted by molar-refractivity contribution is 0.0926. The Morgan fingerprint density at radius 3 is 2.64 bits per heavy atom. The van der Waals surface area contributed by atoms with E-state index in [0.717, 1.165) is 42.0 Å². The van der Waals surface area contributed by atoms with Crippen LogP contribution in [0, 0.1) is 0 Å². The van der Waals surface area contributed by atoms with Gasteiger partial charge in [-0.05, 0) is 60.7 Å². The summed E-state index contributed by atoms with van der Waals surface area (Å²) in [6.45, 7) is 6.42. The first-order valence-electron chi connectivity index (χ1n) is 11.6. The van der Waals surface area contributed by atoms with Crippen molar-refractivity contribution in [1.82, 2.24) is 14.9 Å². The molecule has 6 nitrogen and oxygen atoms in total. The molecule has 0 spiro atoms. The molecule has 1 N–H and O–H groups in total. The van der Waals surface area contributed by atoms with Crippen LogP contribution in [0.4, 0.5) is 0 Å². The van der Waals surface area contributed by atoms with Crippen molar-refractivity contribution in [1.29, 1.82) is 0 Å². The van der Waals surface area contributed by atoms with Gasteiger partial charge in [0.1, 0.15) is 11.6 Å². The number of para-hydroxylation sites is 2. The van der Waals surface area contributed by atoms with Crippen LogP contribution in [0.3, 0.4) is 0 Å². The van der Waals surface area contributed by atoms with Crippen molar-refractivity contribution in [2.45, 2.75) is 45.6 Å². The Morgan fingerprint density at radius 1 is 1.06 bits per heavy atom. The molecule has 0 unspecified atom stereocenters. The Balaban J connectivity index is 1.30. The maximum absolute atomic E-state index is 12.1. The predicted octanol–water partition coefficient (Wildman–Crippen LogP) is 5.58. The molecule has 0 aliphatic carbocycles. The number of hydrogen-bond donors (Lipinski definition) is 1.